The molecule has 0 aliphatic heterocycles. The molecule has 14 heavy (non-hydrogen) atoms. The van der Waals surface area contributed by atoms with Crippen molar-refractivity contribution in [2.24, 2.45) is 5.92 Å². The van der Waals surface area contributed by atoms with E-state index in [4.69, 9.17) is 0 Å². The molecular formula is C14H20. The first-order valence-electron chi connectivity index (χ1n) is 5.47. The van der Waals surface area contributed by atoms with Crippen LogP contribution < -0.4 is 0 Å². The van der Waals surface area contributed by atoms with Gasteiger partial charge in [0.05, 0.1) is 0 Å². The molecule has 0 amide bonds. The van der Waals surface area contributed by atoms with Crippen molar-refractivity contribution in [3.8, 4) is 0 Å². The summed E-state index contributed by atoms with van der Waals surface area (Å²) in [6, 6.07) is 8.70. The number of rotatable bonds is 5. The van der Waals surface area contributed by atoms with E-state index in [2.05, 4.69) is 44.7 Å². The summed E-state index contributed by atoms with van der Waals surface area (Å²) < 4.78 is 0. The summed E-state index contributed by atoms with van der Waals surface area (Å²) in [5.74, 6) is 0.801. The maximum absolute atomic E-state index is 3.75. The van der Waals surface area contributed by atoms with Gasteiger partial charge < -0.3 is 0 Å². The molecule has 1 atom stereocenters. The summed E-state index contributed by atoms with van der Waals surface area (Å²) in [4.78, 5) is 0. The van der Waals surface area contributed by atoms with Gasteiger partial charge in [0.15, 0.2) is 0 Å². The van der Waals surface area contributed by atoms with Crippen LogP contribution in [0.15, 0.2) is 30.8 Å². The van der Waals surface area contributed by atoms with E-state index in [9.17, 15) is 0 Å². The lowest BCUT2D eigenvalue weighted by molar-refractivity contribution is 0.522. The zero-order chi connectivity index (χ0) is 10.4. The van der Waals surface area contributed by atoms with E-state index in [-0.39, 0.29) is 0 Å². The van der Waals surface area contributed by atoms with Gasteiger partial charge in [0.25, 0.3) is 0 Å². The predicted molar refractivity (Wildman–Crippen MR) is 64.3 cm³/mol. The van der Waals surface area contributed by atoms with E-state index < -0.39 is 0 Å². The Morgan fingerprint density at radius 3 is 2.43 bits per heavy atom. The molecule has 0 aromatic heterocycles. The second-order valence-corrected chi connectivity index (χ2v) is 4.04. The smallest absolute Gasteiger partial charge is 0.0253 e. The third-order valence-corrected chi connectivity index (χ3v) is 2.58. The fourth-order valence-corrected chi connectivity index (χ4v) is 1.79. The molecule has 0 aliphatic carbocycles. The Morgan fingerprint density at radius 1 is 1.29 bits per heavy atom. The van der Waals surface area contributed by atoms with Crippen LogP contribution in [0.1, 0.15) is 37.8 Å². The van der Waals surface area contributed by atoms with E-state index in [1.807, 2.05) is 6.08 Å². The van der Waals surface area contributed by atoms with Crippen LogP contribution in [0.25, 0.3) is 6.08 Å². The van der Waals surface area contributed by atoms with E-state index >= 15 is 0 Å². The molecule has 0 fully saturated rings. The standard InChI is InChI=1S/C14H20/c1-4-6-12(3)11-14-9-7-13(5-2)8-10-14/h5,7-10,12H,2,4,6,11H2,1,3H3. The van der Waals surface area contributed by atoms with Crippen LogP contribution in [0.2, 0.25) is 0 Å². The molecular weight excluding hydrogens is 168 g/mol. The second kappa shape index (κ2) is 5.64. The second-order valence-electron chi connectivity index (χ2n) is 4.04. The van der Waals surface area contributed by atoms with Crippen LogP contribution in [-0.4, -0.2) is 0 Å². The Morgan fingerprint density at radius 2 is 1.93 bits per heavy atom. The van der Waals surface area contributed by atoms with E-state index in [0.29, 0.717) is 0 Å². The van der Waals surface area contributed by atoms with E-state index in [1.165, 1.54) is 30.4 Å². The monoisotopic (exact) mass is 188 g/mol. The first-order valence-corrected chi connectivity index (χ1v) is 5.47. The van der Waals surface area contributed by atoms with Crippen molar-refractivity contribution in [3.63, 3.8) is 0 Å². The Balaban J connectivity index is 2.55. The zero-order valence-electron chi connectivity index (χ0n) is 9.29. The van der Waals surface area contributed by atoms with Gasteiger partial charge in [-0.3, -0.25) is 0 Å². The summed E-state index contributed by atoms with van der Waals surface area (Å²) in [5.41, 5.74) is 2.65. The summed E-state index contributed by atoms with van der Waals surface area (Å²) >= 11 is 0. The molecule has 1 rings (SSSR count). The van der Waals surface area contributed by atoms with Gasteiger partial charge in [-0.2, -0.15) is 0 Å². The van der Waals surface area contributed by atoms with Gasteiger partial charge in [-0.25, -0.2) is 0 Å². The first kappa shape index (κ1) is 11.0. The minimum absolute atomic E-state index is 0.801. The Labute approximate surface area is 87.7 Å². The lowest BCUT2D eigenvalue weighted by Gasteiger charge is -2.09. The molecule has 1 aromatic rings. The minimum Gasteiger partial charge on any atom is -0.0985 e. The van der Waals surface area contributed by atoms with Crippen LogP contribution in [-0.2, 0) is 6.42 Å². The summed E-state index contributed by atoms with van der Waals surface area (Å²) in [7, 11) is 0. The highest BCUT2D eigenvalue weighted by Gasteiger charge is 2.01. The van der Waals surface area contributed by atoms with Crippen molar-refractivity contribution in [1.29, 1.82) is 0 Å². The molecule has 0 heterocycles. The third-order valence-electron chi connectivity index (χ3n) is 2.58. The number of hydrogen-bond acceptors (Lipinski definition) is 0. The average molecular weight is 188 g/mol. The van der Waals surface area contributed by atoms with Crippen molar-refractivity contribution in [1.82, 2.24) is 0 Å². The normalized spacial score (nSPS) is 12.4. The van der Waals surface area contributed by atoms with Gasteiger partial charge in [0.2, 0.25) is 0 Å². The van der Waals surface area contributed by atoms with Gasteiger partial charge in [0.1, 0.15) is 0 Å². The third kappa shape index (κ3) is 3.37. The maximum Gasteiger partial charge on any atom is -0.0253 e. The topological polar surface area (TPSA) is 0 Å². The highest BCUT2D eigenvalue weighted by atomic mass is 14.1. The predicted octanol–water partition coefficient (Wildman–Crippen LogP) is 4.31. The quantitative estimate of drug-likeness (QED) is 0.646. The highest BCUT2D eigenvalue weighted by Crippen LogP contribution is 2.14. The summed E-state index contributed by atoms with van der Waals surface area (Å²) in [6.07, 6.45) is 5.69. The van der Waals surface area contributed by atoms with Gasteiger partial charge in [-0.15, -0.1) is 0 Å². The molecule has 0 spiro atoms. The lowest BCUT2D eigenvalue weighted by atomic mass is 9.96. The van der Waals surface area contributed by atoms with Crippen LogP contribution >= 0.6 is 0 Å². The van der Waals surface area contributed by atoms with Gasteiger partial charge in [-0.1, -0.05) is 63.6 Å². The molecule has 0 aliphatic rings. The van der Waals surface area contributed by atoms with Crippen molar-refractivity contribution in [2.45, 2.75) is 33.1 Å². The van der Waals surface area contributed by atoms with Crippen LogP contribution in [0.5, 0.6) is 0 Å². The average Bonchev–Trinajstić information content (AvgIpc) is 2.19. The van der Waals surface area contributed by atoms with Crippen molar-refractivity contribution in [2.75, 3.05) is 0 Å². The lowest BCUT2D eigenvalue weighted by Crippen LogP contribution is -1.98. The SMILES string of the molecule is C=Cc1ccc(CC(C)CCC)cc1. The molecule has 0 nitrogen and oxygen atoms in total. The maximum atomic E-state index is 3.75. The Kier molecular flexibility index (Phi) is 4.45. The van der Waals surface area contributed by atoms with Crippen molar-refractivity contribution >= 4 is 6.08 Å². The molecule has 1 aromatic carbocycles. The van der Waals surface area contributed by atoms with Crippen LogP contribution in [0.4, 0.5) is 0 Å². The molecule has 0 N–H and O–H groups in total. The van der Waals surface area contributed by atoms with Crippen LogP contribution in [0, 0.1) is 5.92 Å². The van der Waals surface area contributed by atoms with E-state index in [0.717, 1.165) is 5.92 Å². The van der Waals surface area contributed by atoms with Crippen LogP contribution in [0.3, 0.4) is 0 Å². The molecule has 0 bridgehead atoms. The molecule has 0 radical (unpaired) electrons. The summed E-state index contributed by atoms with van der Waals surface area (Å²) in [5, 5.41) is 0. The summed E-state index contributed by atoms with van der Waals surface area (Å²) in [6.45, 7) is 8.32. The molecule has 0 heteroatoms. The molecule has 76 valence electrons. The fourth-order valence-electron chi connectivity index (χ4n) is 1.79. The van der Waals surface area contributed by atoms with Gasteiger partial charge in [-0.05, 0) is 23.5 Å². The van der Waals surface area contributed by atoms with E-state index in [1.54, 1.807) is 0 Å². The molecule has 0 saturated heterocycles. The first-order chi connectivity index (χ1) is 6.76. The number of hydrogen-bond donors (Lipinski definition) is 0. The number of benzene rings is 1. The van der Waals surface area contributed by atoms with Crippen molar-refractivity contribution < 1.29 is 0 Å². The van der Waals surface area contributed by atoms with Crippen molar-refractivity contribution in [3.05, 3.63) is 42.0 Å². The Hall–Kier alpha value is -1.04. The van der Waals surface area contributed by atoms with Gasteiger partial charge >= 0.3 is 0 Å². The fraction of sp³-hybridized carbons (Fsp3) is 0.429. The molecule has 0 saturated carbocycles. The Bertz CT molecular complexity index is 269. The molecule has 1 unspecified atom stereocenters. The zero-order valence-corrected chi connectivity index (χ0v) is 9.29. The largest absolute Gasteiger partial charge is 0.0985 e. The highest BCUT2D eigenvalue weighted by molar-refractivity contribution is 5.47. The van der Waals surface area contributed by atoms with Gasteiger partial charge in [0, 0.05) is 0 Å². The minimum atomic E-state index is 0.801.